The van der Waals surface area contributed by atoms with Gasteiger partial charge in [0.15, 0.2) is 0 Å². The van der Waals surface area contributed by atoms with Gasteiger partial charge in [-0.15, -0.1) is 11.3 Å². The molecule has 1 aliphatic heterocycles. The van der Waals surface area contributed by atoms with Crippen LogP contribution in [0.15, 0.2) is 129 Å². The fourth-order valence-corrected chi connectivity index (χ4v) is 9.57. The molecule has 10 aromatic rings. The van der Waals surface area contributed by atoms with Crippen LogP contribution in [0.1, 0.15) is 0 Å². The van der Waals surface area contributed by atoms with Gasteiger partial charge in [0, 0.05) is 52.4 Å². The average Bonchev–Trinajstić information content (AvgIpc) is 3.74. The number of rotatable bonds is 1. The minimum atomic E-state index is 0.673. The summed E-state index contributed by atoms with van der Waals surface area (Å²) in [6.07, 6.45) is 0. The lowest BCUT2D eigenvalue weighted by Gasteiger charge is -2.20. The van der Waals surface area contributed by atoms with E-state index >= 15 is 0 Å². The largest absolute Gasteiger partial charge is 0.455 e. The summed E-state index contributed by atoms with van der Waals surface area (Å²) in [5.74, 6) is 0.673. The Labute approximate surface area is 258 Å². The highest BCUT2D eigenvalue weighted by molar-refractivity contribution is 7.99. The van der Waals surface area contributed by atoms with E-state index in [2.05, 4.69) is 114 Å². The standard InChI is InChI=1S/C38H19N3OS2/c1-5-15-25-20(10-1)32-35(37-31(22-12-3-7-17-27(22)44-37)30-21-11-2-6-16-26(21)42-36(30)32)41(25)38-39-24-14-9-19-29-33(24)34(40-38)23-13-4-8-18-28(23)43-29/h1-19H. The van der Waals surface area contributed by atoms with Crippen molar-refractivity contribution >= 4 is 97.9 Å². The summed E-state index contributed by atoms with van der Waals surface area (Å²) in [6.45, 7) is 0. The summed E-state index contributed by atoms with van der Waals surface area (Å²) in [5.41, 5.74) is 7.06. The highest BCUT2D eigenvalue weighted by atomic mass is 32.2. The normalized spacial score (nSPS) is 12.9. The molecule has 0 aliphatic carbocycles. The molecule has 0 saturated heterocycles. The third-order valence-electron chi connectivity index (χ3n) is 8.99. The lowest BCUT2D eigenvalue weighted by Crippen LogP contribution is -2.05. The molecule has 11 rings (SSSR count). The Kier molecular flexibility index (Phi) is 4.37. The molecule has 0 fully saturated rings. The first-order valence-electron chi connectivity index (χ1n) is 14.6. The van der Waals surface area contributed by atoms with Gasteiger partial charge in [-0.3, -0.25) is 4.57 Å². The number of furan rings is 1. The van der Waals surface area contributed by atoms with Gasteiger partial charge >= 0.3 is 0 Å². The summed E-state index contributed by atoms with van der Waals surface area (Å²) < 4.78 is 11.5. The van der Waals surface area contributed by atoms with Gasteiger partial charge in [-0.25, -0.2) is 9.97 Å². The smallest absolute Gasteiger partial charge is 0.235 e. The van der Waals surface area contributed by atoms with Crippen LogP contribution < -0.4 is 0 Å². The molecule has 1 aliphatic rings. The first-order valence-corrected chi connectivity index (χ1v) is 16.2. The topological polar surface area (TPSA) is 43.9 Å². The first-order chi connectivity index (χ1) is 21.8. The molecule has 0 radical (unpaired) electrons. The van der Waals surface area contributed by atoms with Crippen LogP contribution in [0.3, 0.4) is 0 Å². The van der Waals surface area contributed by atoms with E-state index in [1.165, 1.54) is 35.3 Å². The van der Waals surface area contributed by atoms with Crippen molar-refractivity contribution in [2.24, 2.45) is 0 Å². The maximum Gasteiger partial charge on any atom is 0.235 e. The van der Waals surface area contributed by atoms with E-state index in [1.807, 2.05) is 17.4 Å². The van der Waals surface area contributed by atoms with E-state index in [1.54, 1.807) is 11.8 Å². The second-order valence-electron chi connectivity index (χ2n) is 11.3. The number of thiophene rings is 1. The van der Waals surface area contributed by atoms with Gasteiger partial charge in [0.1, 0.15) is 11.2 Å². The van der Waals surface area contributed by atoms with Crippen molar-refractivity contribution < 1.29 is 4.42 Å². The quantitative estimate of drug-likeness (QED) is 0.189. The van der Waals surface area contributed by atoms with Gasteiger partial charge in [0.25, 0.3) is 0 Å². The molecular formula is C38H19N3OS2. The van der Waals surface area contributed by atoms with E-state index in [0.29, 0.717) is 5.95 Å². The van der Waals surface area contributed by atoms with Gasteiger partial charge in [0.05, 0.1) is 32.3 Å². The molecule has 0 atom stereocenters. The summed E-state index contributed by atoms with van der Waals surface area (Å²) in [5, 5.41) is 8.14. The molecule has 0 unspecified atom stereocenters. The third-order valence-corrected chi connectivity index (χ3v) is 11.3. The first kappa shape index (κ1) is 23.3. The van der Waals surface area contributed by atoms with Crippen LogP contribution in [0.5, 0.6) is 0 Å². The van der Waals surface area contributed by atoms with E-state index < -0.39 is 0 Å². The molecule has 44 heavy (non-hydrogen) atoms. The number of para-hydroxylation sites is 2. The van der Waals surface area contributed by atoms with Crippen LogP contribution in [-0.2, 0) is 0 Å². The van der Waals surface area contributed by atoms with Crippen LogP contribution in [-0.4, -0.2) is 14.5 Å². The van der Waals surface area contributed by atoms with Crippen LogP contribution in [0.25, 0.3) is 92.0 Å². The van der Waals surface area contributed by atoms with Crippen molar-refractivity contribution in [3.63, 3.8) is 0 Å². The molecule has 0 spiro atoms. The average molecular weight is 598 g/mol. The van der Waals surface area contributed by atoms with Crippen molar-refractivity contribution in [1.29, 1.82) is 0 Å². The van der Waals surface area contributed by atoms with Gasteiger partial charge in [-0.2, -0.15) is 0 Å². The Balaban J connectivity index is 1.40. The Bertz CT molecular complexity index is 2880. The zero-order valence-corrected chi connectivity index (χ0v) is 24.7. The van der Waals surface area contributed by atoms with Crippen molar-refractivity contribution in [2.75, 3.05) is 0 Å². The van der Waals surface area contributed by atoms with Crippen molar-refractivity contribution in [3.05, 3.63) is 115 Å². The monoisotopic (exact) mass is 597 g/mol. The molecule has 4 aromatic heterocycles. The Morgan fingerprint density at radius 1 is 0.591 bits per heavy atom. The second-order valence-corrected chi connectivity index (χ2v) is 13.4. The van der Waals surface area contributed by atoms with Crippen LogP contribution >= 0.6 is 23.1 Å². The number of benzene rings is 6. The Morgan fingerprint density at radius 2 is 1.36 bits per heavy atom. The number of hydrogen-bond donors (Lipinski definition) is 0. The molecule has 0 amide bonds. The number of fused-ring (bicyclic) bond motifs is 14. The number of aromatic nitrogens is 3. The van der Waals surface area contributed by atoms with Crippen LogP contribution in [0, 0.1) is 0 Å². The van der Waals surface area contributed by atoms with Gasteiger partial charge in [-0.1, -0.05) is 90.6 Å². The zero-order chi connectivity index (χ0) is 28.5. The summed E-state index contributed by atoms with van der Waals surface area (Å²) >= 11 is 3.63. The number of hydrogen-bond acceptors (Lipinski definition) is 5. The Morgan fingerprint density at radius 3 is 2.32 bits per heavy atom. The molecule has 0 saturated carbocycles. The zero-order valence-electron chi connectivity index (χ0n) is 23.0. The molecule has 5 heterocycles. The maximum atomic E-state index is 6.78. The second kappa shape index (κ2) is 8.26. The molecular weight excluding hydrogens is 579 g/mol. The predicted molar refractivity (Wildman–Crippen MR) is 184 cm³/mol. The lowest BCUT2D eigenvalue weighted by molar-refractivity contribution is 0.673. The number of nitrogens with zero attached hydrogens (tertiary/aromatic N) is 3. The fraction of sp³-hybridized carbons (Fsp3) is 0. The molecule has 204 valence electrons. The summed E-state index contributed by atoms with van der Waals surface area (Å²) in [7, 11) is 0. The summed E-state index contributed by atoms with van der Waals surface area (Å²) in [6, 6.07) is 40.7. The molecule has 0 bridgehead atoms. The lowest BCUT2D eigenvalue weighted by atomic mass is 10.0. The fourth-order valence-electron chi connectivity index (χ4n) is 7.21. The van der Waals surface area contributed by atoms with Gasteiger partial charge in [-0.05, 0) is 36.4 Å². The molecule has 6 aromatic carbocycles. The van der Waals surface area contributed by atoms with Crippen LogP contribution in [0.2, 0.25) is 0 Å². The van der Waals surface area contributed by atoms with E-state index in [0.717, 1.165) is 60.5 Å². The van der Waals surface area contributed by atoms with E-state index in [9.17, 15) is 0 Å². The van der Waals surface area contributed by atoms with Crippen LogP contribution in [0.4, 0.5) is 0 Å². The minimum absolute atomic E-state index is 0.673. The maximum absolute atomic E-state index is 6.78. The van der Waals surface area contributed by atoms with Crippen molar-refractivity contribution in [3.8, 4) is 17.2 Å². The van der Waals surface area contributed by atoms with Crippen molar-refractivity contribution in [2.45, 2.75) is 9.79 Å². The molecule has 6 heteroatoms. The molecule has 0 N–H and O–H groups in total. The SMILES string of the molecule is c1ccc2c(c1)Sc1cccc3nc(-n4c5ccccc5c5c6oc7ccccc7c6c6c7ccccc7sc6c54)nc-2c13. The highest BCUT2D eigenvalue weighted by Gasteiger charge is 2.28. The van der Waals surface area contributed by atoms with Gasteiger partial charge in [0.2, 0.25) is 5.95 Å². The van der Waals surface area contributed by atoms with E-state index in [-0.39, 0.29) is 0 Å². The molecule has 4 nitrogen and oxygen atoms in total. The van der Waals surface area contributed by atoms with E-state index in [4.69, 9.17) is 14.4 Å². The highest BCUT2D eigenvalue weighted by Crippen LogP contribution is 2.51. The third kappa shape index (κ3) is 2.85. The Hall–Kier alpha value is -5.17. The summed E-state index contributed by atoms with van der Waals surface area (Å²) in [4.78, 5) is 13.1. The minimum Gasteiger partial charge on any atom is -0.455 e. The predicted octanol–water partition coefficient (Wildman–Crippen LogP) is 11.1. The van der Waals surface area contributed by atoms with Crippen molar-refractivity contribution in [1.82, 2.24) is 14.5 Å². The van der Waals surface area contributed by atoms with Gasteiger partial charge < -0.3 is 4.42 Å².